The zero-order valence-electron chi connectivity index (χ0n) is 18.8. The monoisotopic (exact) mass is 446 g/mol. The van der Waals surface area contributed by atoms with Crippen LogP contribution in [-0.2, 0) is 12.8 Å². The van der Waals surface area contributed by atoms with Crippen molar-refractivity contribution in [2.45, 2.75) is 12.8 Å². The first-order chi connectivity index (χ1) is 17.4. The molecule has 4 heterocycles. The van der Waals surface area contributed by atoms with E-state index in [1.807, 2.05) is 18.3 Å². The fraction of sp³-hybridized carbons (Fsp3) is 0.0645. The van der Waals surface area contributed by atoms with Crippen molar-refractivity contribution in [2.24, 2.45) is 0 Å². The highest BCUT2D eigenvalue weighted by molar-refractivity contribution is 6.17. The number of aromatic nitrogens is 4. The first kappa shape index (κ1) is 17.8. The summed E-state index contributed by atoms with van der Waals surface area (Å²) in [6.07, 6.45) is 5.62. The highest BCUT2D eigenvalue weighted by atomic mass is 15.1. The van der Waals surface area contributed by atoms with Crippen LogP contribution in [0.1, 0.15) is 22.3 Å². The van der Waals surface area contributed by atoms with Gasteiger partial charge in [0.2, 0.25) is 0 Å². The SMILES string of the molecule is c1ccc2c(c1)Cc1ccc3c(c1-2)-c1ccc2c(c1C3)c1cccnc1n1c3cccnc3nc21. The van der Waals surface area contributed by atoms with E-state index in [2.05, 4.69) is 70.0 Å². The van der Waals surface area contributed by atoms with Gasteiger partial charge in [-0.3, -0.25) is 4.40 Å². The van der Waals surface area contributed by atoms with Gasteiger partial charge in [-0.1, -0.05) is 42.5 Å². The summed E-state index contributed by atoms with van der Waals surface area (Å²) in [6, 6.07) is 26.4. The van der Waals surface area contributed by atoms with Gasteiger partial charge in [-0.15, -0.1) is 0 Å². The van der Waals surface area contributed by atoms with Crippen LogP contribution in [-0.4, -0.2) is 19.4 Å². The van der Waals surface area contributed by atoms with E-state index in [1.165, 1.54) is 55.3 Å². The van der Waals surface area contributed by atoms with Crippen LogP contribution < -0.4 is 0 Å². The molecule has 0 N–H and O–H groups in total. The summed E-state index contributed by atoms with van der Waals surface area (Å²) in [5.74, 6) is 0. The topological polar surface area (TPSA) is 43.1 Å². The summed E-state index contributed by atoms with van der Waals surface area (Å²) in [5.41, 5.74) is 14.8. The van der Waals surface area contributed by atoms with Gasteiger partial charge in [0, 0.05) is 28.6 Å². The molecule has 0 atom stereocenters. The van der Waals surface area contributed by atoms with Gasteiger partial charge in [0.25, 0.3) is 0 Å². The van der Waals surface area contributed by atoms with E-state index in [-0.39, 0.29) is 0 Å². The number of nitrogens with zero attached hydrogens (tertiary/aromatic N) is 4. The summed E-state index contributed by atoms with van der Waals surface area (Å²) >= 11 is 0. The molecule has 0 radical (unpaired) electrons. The fourth-order valence-corrected chi connectivity index (χ4v) is 6.55. The molecule has 4 nitrogen and oxygen atoms in total. The van der Waals surface area contributed by atoms with Crippen molar-refractivity contribution in [3.8, 4) is 22.3 Å². The number of imidazole rings is 1. The second-order valence-corrected chi connectivity index (χ2v) is 9.65. The molecule has 0 unspecified atom stereocenters. The highest BCUT2D eigenvalue weighted by Gasteiger charge is 2.30. The molecule has 0 saturated carbocycles. The number of hydrogen-bond acceptors (Lipinski definition) is 3. The molecule has 9 rings (SSSR count). The molecule has 4 heteroatoms. The van der Waals surface area contributed by atoms with Crippen LogP contribution in [0.25, 0.3) is 60.9 Å². The molecule has 7 aromatic rings. The molecule has 0 bridgehead atoms. The molecule has 3 aromatic carbocycles. The summed E-state index contributed by atoms with van der Waals surface area (Å²) in [5, 5.41) is 3.59. The minimum Gasteiger partial charge on any atom is -0.274 e. The van der Waals surface area contributed by atoms with Crippen molar-refractivity contribution in [3.05, 3.63) is 107 Å². The maximum Gasteiger partial charge on any atom is 0.178 e. The Morgan fingerprint density at radius 1 is 0.600 bits per heavy atom. The Bertz CT molecular complexity index is 2070. The first-order valence-electron chi connectivity index (χ1n) is 12.1. The predicted octanol–water partition coefficient (Wildman–Crippen LogP) is 6.73. The molecule has 2 aliphatic carbocycles. The Morgan fingerprint density at radius 2 is 1.40 bits per heavy atom. The molecule has 0 aliphatic heterocycles. The van der Waals surface area contributed by atoms with Gasteiger partial charge in [-0.2, -0.15) is 0 Å². The van der Waals surface area contributed by atoms with E-state index in [0.717, 1.165) is 40.7 Å². The molecule has 162 valence electrons. The van der Waals surface area contributed by atoms with Gasteiger partial charge in [0.15, 0.2) is 5.65 Å². The lowest BCUT2D eigenvalue weighted by atomic mass is 9.92. The molecule has 0 amide bonds. The van der Waals surface area contributed by atoms with E-state index >= 15 is 0 Å². The Labute approximate surface area is 200 Å². The second kappa shape index (κ2) is 6.10. The molecule has 0 spiro atoms. The van der Waals surface area contributed by atoms with Crippen molar-refractivity contribution < 1.29 is 0 Å². The fourth-order valence-electron chi connectivity index (χ4n) is 6.55. The van der Waals surface area contributed by atoms with Crippen molar-refractivity contribution in [2.75, 3.05) is 0 Å². The molecule has 0 fully saturated rings. The van der Waals surface area contributed by atoms with Crippen LogP contribution in [0.4, 0.5) is 0 Å². The largest absolute Gasteiger partial charge is 0.274 e. The van der Waals surface area contributed by atoms with E-state index in [9.17, 15) is 0 Å². The van der Waals surface area contributed by atoms with Gasteiger partial charge in [0.05, 0.1) is 5.52 Å². The van der Waals surface area contributed by atoms with Crippen molar-refractivity contribution in [3.63, 3.8) is 0 Å². The van der Waals surface area contributed by atoms with Crippen LogP contribution in [0.5, 0.6) is 0 Å². The summed E-state index contributed by atoms with van der Waals surface area (Å²) in [4.78, 5) is 14.3. The van der Waals surface area contributed by atoms with Gasteiger partial charge in [-0.25, -0.2) is 15.0 Å². The number of hydrogen-bond donors (Lipinski definition) is 0. The summed E-state index contributed by atoms with van der Waals surface area (Å²) in [6.45, 7) is 0. The third-order valence-electron chi connectivity index (χ3n) is 7.93. The van der Waals surface area contributed by atoms with Crippen molar-refractivity contribution in [1.82, 2.24) is 19.4 Å². The van der Waals surface area contributed by atoms with Gasteiger partial charge < -0.3 is 0 Å². The summed E-state index contributed by atoms with van der Waals surface area (Å²) < 4.78 is 2.17. The van der Waals surface area contributed by atoms with Crippen LogP contribution in [0.2, 0.25) is 0 Å². The lowest BCUT2D eigenvalue weighted by Gasteiger charge is -2.13. The first-order valence-corrected chi connectivity index (χ1v) is 12.1. The molecule has 2 aliphatic rings. The van der Waals surface area contributed by atoms with Gasteiger partial charge in [0.1, 0.15) is 11.3 Å². The Morgan fingerprint density at radius 3 is 2.37 bits per heavy atom. The minimum atomic E-state index is 0.755. The van der Waals surface area contributed by atoms with Crippen molar-refractivity contribution in [1.29, 1.82) is 0 Å². The van der Waals surface area contributed by atoms with E-state index in [0.29, 0.717) is 0 Å². The average Bonchev–Trinajstić information content (AvgIpc) is 3.59. The maximum absolute atomic E-state index is 4.97. The maximum atomic E-state index is 4.97. The third kappa shape index (κ3) is 2.11. The number of fused-ring (bicyclic) bond motifs is 16. The highest BCUT2D eigenvalue weighted by Crippen LogP contribution is 2.51. The van der Waals surface area contributed by atoms with Gasteiger partial charge in [-0.05, 0) is 87.7 Å². The third-order valence-corrected chi connectivity index (χ3v) is 7.93. The second-order valence-electron chi connectivity index (χ2n) is 9.65. The van der Waals surface area contributed by atoms with E-state index < -0.39 is 0 Å². The van der Waals surface area contributed by atoms with Gasteiger partial charge >= 0.3 is 0 Å². The molecular weight excluding hydrogens is 428 g/mol. The molecule has 4 aromatic heterocycles. The number of pyridine rings is 3. The Balaban J connectivity index is 1.45. The zero-order chi connectivity index (χ0) is 22.7. The van der Waals surface area contributed by atoms with Crippen LogP contribution in [0.3, 0.4) is 0 Å². The van der Waals surface area contributed by atoms with Crippen LogP contribution in [0, 0.1) is 0 Å². The number of rotatable bonds is 0. The average molecular weight is 447 g/mol. The van der Waals surface area contributed by atoms with E-state index in [1.54, 1.807) is 6.20 Å². The molecular formula is C31H18N4. The molecule has 35 heavy (non-hydrogen) atoms. The predicted molar refractivity (Wildman–Crippen MR) is 140 cm³/mol. The standard InChI is InChI=1S/C31H18N4/c1-2-6-20-17(5-1)15-18-9-10-19-16-24-21(27(19)26(18)20)11-12-23-28(24)22-7-3-14-33-30(22)35-25-8-4-13-32-29(25)34-31(23)35/h1-14H,15-16H2. The minimum absolute atomic E-state index is 0.755. The lowest BCUT2D eigenvalue weighted by molar-refractivity contribution is 1.22. The lowest BCUT2D eigenvalue weighted by Crippen LogP contribution is -1.96. The zero-order valence-corrected chi connectivity index (χ0v) is 18.8. The smallest absolute Gasteiger partial charge is 0.178 e. The quantitative estimate of drug-likeness (QED) is 0.243. The Hall–Kier alpha value is -4.57. The van der Waals surface area contributed by atoms with Crippen LogP contribution >= 0.6 is 0 Å². The summed E-state index contributed by atoms with van der Waals surface area (Å²) in [7, 11) is 0. The van der Waals surface area contributed by atoms with E-state index in [4.69, 9.17) is 9.97 Å². The molecule has 0 saturated heterocycles. The number of benzene rings is 3. The van der Waals surface area contributed by atoms with Crippen molar-refractivity contribution >= 4 is 38.6 Å². The Kier molecular flexibility index (Phi) is 3.11. The van der Waals surface area contributed by atoms with Crippen LogP contribution in [0.15, 0.2) is 85.2 Å². The normalized spacial score (nSPS) is 13.5.